The van der Waals surface area contributed by atoms with Gasteiger partial charge in [0, 0.05) is 25.6 Å². The zero-order valence-electron chi connectivity index (χ0n) is 10.6. The first-order valence-electron chi connectivity index (χ1n) is 5.55. The highest BCUT2D eigenvalue weighted by Crippen LogP contribution is 2.32. The molecule has 0 saturated carbocycles. The maximum Gasteiger partial charge on any atom is 0.334 e. The summed E-state index contributed by atoms with van der Waals surface area (Å²) in [5, 5.41) is 18.2. The van der Waals surface area contributed by atoms with Gasteiger partial charge in [0.05, 0.1) is 4.92 Å². The van der Waals surface area contributed by atoms with E-state index in [0.717, 1.165) is 0 Å². The van der Waals surface area contributed by atoms with E-state index in [2.05, 4.69) is 10.4 Å². The minimum Gasteiger partial charge on any atom is -0.363 e. The van der Waals surface area contributed by atoms with Crippen LogP contribution in [0.15, 0.2) is 0 Å². The molecule has 0 saturated heterocycles. The van der Waals surface area contributed by atoms with E-state index in [1.807, 2.05) is 20.8 Å². The molecule has 1 heterocycles. The Bertz CT molecular complexity index is 411. The largest absolute Gasteiger partial charge is 0.363 e. The zero-order chi connectivity index (χ0) is 13.2. The Kier molecular flexibility index (Phi) is 4.06. The molecule has 0 aliphatic heterocycles. The van der Waals surface area contributed by atoms with Crippen LogP contribution in [-0.2, 0) is 7.05 Å². The lowest BCUT2D eigenvalue weighted by atomic mass is 10.1. The lowest BCUT2D eigenvalue weighted by molar-refractivity contribution is -0.384. The predicted octanol–water partition coefficient (Wildman–Crippen LogP) is 1.21. The van der Waals surface area contributed by atoms with Crippen molar-refractivity contribution >= 4 is 11.5 Å². The minimum absolute atomic E-state index is 0.00690. The van der Waals surface area contributed by atoms with E-state index in [4.69, 9.17) is 5.73 Å². The standard InChI is InChI=1S/C10H19N5O2/c1-6(2)8-9(15(16)17)10(14(4)13-8)12-5-7(3)11/h6-7,12H,5,11H2,1-4H3. The van der Waals surface area contributed by atoms with Crippen molar-refractivity contribution in [2.75, 3.05) is 11.9 Å². The second kappa shape index (κ2) is 5.13. The van der Waals surface area contributed by atoms with E-state index in [9.17, 15) is 10.1 Å². The summed E-state index contributed by atoms with van der Waals surface area (Å²) in [6.45, 7) is 6.06. The van der Waals surface area contributed by atoms with Gasteiger partial charge in [0.25, 0.3) is 0 Å². The Morgan fingerprint density at radius 3 is 2.53 bits per heavy atom. The topological polar surface area (TPSA) is 99.0 Å². The number of hydrogen-bond acceptors (Lipinski definition) is 5. The Labute approximate surface area is 100 Å². The first-order valence-corrected chi connectivity index (χ1v) is 5.55. The fourth-order valence-corrected chi connectivity index (χ4v) is 1.56. The van der Waals surface area contributed by atoms with Crippen LogP contribution in [-0.4, -0.2) is 27.3 Å². The number of aryl methyl sites for hydroxylation is 1. The van der Waals surface area contributed by atoms with Crippen molar-refractivity contribution in [1.29, 1.82) is 0 Å². The average molecular weight is 241 g/mol. The number of nitrogens with two attached hydrogens (primary N) is 1. The van der Waals surface area contributed by atoms with Gasteiger partial charge in [0.2, 0.25) is 5.82 Å². The Morgan fingerprint density at radius 2 is 2.12 bits per heavy atom. The molecular formula is C10H19N5O2. The van der Waals surface area contributed by atoms with Gasteiger partial charge in [-0.05, 0) is 6.92 Å². The van der Waals surface area contributed by atoms with Crippen LogP contribution in [0.1, 0.15) is 32.4 Å². The molecule has 0 aliphatic rings. The summed E-state index contributed by atoms with van der Waals surface area (Å²) in [6, 6.07) is -0.0768. The van der Waals surface area contributed by atoms with Crippen LogP contribution in [0, 0.1) is 10.1 Å². The van der Waals surface area contributed by atoms with Crippen molar-refractivity contribution in [1.82, 2.24) is 9.78 Å². The lowest BCUT2D eigenvalue weighted by Gasteiger charge is -2.08. The number of nitrogens with one attached hydrogen (secondary N) is 1. The van der Waals surface area contributed by atoms with Crippen LogP contribution in [0.2, 0.25) is 0 Å². The monoisotopic (exact) mass is 241 g/mol. The molecule has 0 radical (unpaired) electrons. The SMILES string of the molecule is CC(N)CNc1c([N+](=O)[O-])c(C(C)C)nn1C. The third-order valence-corrected chi connectivity index (χ3v) is 2.37. The van der Waals surface area contributed by atoms with Crippen molar-refractivity contribution in [2.45, 2.75) is 32.7 Å². The van der Waals surface area contributed by atoms with Crippen LogP contribution < -0.4 is 11.1 Å². The van der Waals surface area contributed by atoms with E-state index >= 15 is 0 Å². The van der Waals surface area contributed by atoms with Crippen molar-refractivity contribution < 1.29 is 4.92 Å². The summed E-state index contributed by atoms with van der Waals surface area (Å²) in [5.41, 5.74) is 6.16. The number of anilines is 1. The summed E-state index contributed by atoms with van der Waals surface area (Å²) >= 11 is 0. The predicted molar refractivity (Wildman–Crippen MR) is 66.1 cm³/mol. The van der Waals surface area contributed by atoms with E-state index < -0.39 is 4.92 Å². The molecule has 0 bridgehead atoms. The molecule has 17 heavy (non-hydrogen) atoms. The average Bonchev–Trinajstić information content (AvgIpc) is 2.52. The number of nitrogens with zero attached hydrogens (tertiary/aromatic N) is 3. The molecule has 0 amide bonds. The smallest absolute Gasteiger partial charge is 0.334 e. The van der Waals surface area contributed by atoms with E-state index in [0.29, 0.717) is 18.1 Å². The summed E-state index contributed by atoms with van der Waals surface area (Å²) in [4.78, 5) is 10.7. The maximum atomic E-state index is 11.1. The highest BCUT2D eigenvalue weighted by Gasteiger charge is 2.28. The minimum atomic E-state index is -0.397. The molecule has 7 heteroatoms. The summed E-state index contributed by atoms with van der Waals surface area (Å²) in [5.74, 6) is 0.420. The van der Waals surface area contributed by atoms with Crippen molar-refractivity contribution in [3.8, 4) is 0 Å². The quantitative estimate of drug-likeness (QED) is 0.596. The molecule has 1 aromatic rings. The molecule has 7 nitrogen and oxygen atoms in total. The van der Waals surface area contributed by atoms with Gasteiger partial charge in [0.15, 0.2) is 0 Å². The molecule has 1 atom stereocenters. The van der Waals surface area contributed by atoms with E-state index in [1.165, 1.54) is 4.68 Å². The molecule has 1 unspecified atom stereocenters. The second-order valence-corrected chi connectivity index (χ2v) is 4.48. The van der Waals surface area contributed by atoms with E-state index in [1.54, 1.807) is 7.05 Å². The lowest BCUT2D eigenvalue weighted by Crippen LogP contribution is -2.26. The van der Waals surface area contributed by atoms with Crippen LogP contribution >= 0.6 is 0 Å². The first-order chi connectivity index (χ1) is 7.84. The Balaban J connectivity index is 3.14. The number of aromatic nitrogens is 2. The molecule has 96 valence electrons. The molecule has 0 aromatic carbocycles. The molecule has 0 fully saturated rings. The van der Waals surface area contributed by atoms with Gasteiger partial charge in [0.1, 0.15) is 5.69 Å². The van der Waals surface area contributed by atoms with Gasteiger partial charge < -0.3 is 11.1 Å². The molecular weight excluding hydrogens is 222 g/mol. The van der Waals surface area contributed by atoms with Gasteiger partial charge >= 0.3 is 5.69 Å². The van der Waals surface area contributed by atoms with Crippen molar-refractivity contribution in [2.24, 2.45) is 12.8 Å². The third kappa shape index (κ3) is 2.94. The van der Waals surface area contributed by atoms with Crippen LogP contribution in [0.5, 0.6) is 0 Å². The number of hydrogen-bond donors (Lipinski definition) is 2. The van der Waals surface area contributed by atoms with Crippen molar-refractivity contribution in [3.63, 3.8) is 0 Å². The van der Waals surface area contributed by atoms with Gasteiger partial charge in [-0.15, -0.1) is 0 Å². The third-order valence-electron chi connectivity index (χ3n) is 2.37. The van der Waals surface area contributed by atoms with Crippen LogP contribution in [0.4, 0.5) is 11.5 Å². The number of nitro groups is 1. The molecule has 1 rings (SSSR count). The van der Waals surface area contributed by atoms with Gasteiger partial charge in [-0.3, -0.25) is 10.1 Å². The first kappa shape index (κ1) is 13.4. The maximum absolute atomic E-state index is 11.1. The molecule has 3 N–H and O–H groups in total. The van der Waals surface area contributed by atoms with Gasteiger partial charge in [-0.1, -0.05) is 13.8 Å². The Morgan fingerprint density at radius 1 is 1.53 bits per heavy atom. The fourth-order valence-electron chi connectivity index (χ4n) is 1.56. The summed E-state index contributed by atoms with van der Waals surface area (Å²) in [7, 11) is 1.68. The summed E-state index contributed by atoms with van der Waals surface area (Å²) in [6.07, 6.45) is 0. The second-order valence-electron chi connectivity index (χ2n) is 4.48. The molecule has 0 spiro atoms. The highest BCUT2D eigenvalue weighted by molar-refractivity contribution is 5.60. The normalized spacial score (nSPS) is 12.8. The molecule has 1 aromatic heterocycles. The zero-order valence-corrected chi connectivity index (χ0v) is 10.6. The Hall–Kier alpha value is -1.63. The molecule has 0 aliphatic carbocycles. The highest BCUT2D eigenvalue weighted by atomic mass is 16.6. The van der Waals surface area contributed by atoms with Gasteiger partial charge in [-0.25, -0.2) is 4.68 Å². The van der Waals surface area contributed by atoms with Gasteiger partial charge in [-0.2, -0.15) is 5.10 Å². The van der Waals surface area contributed by atoms with Crippen LogP contribution in [0.3, 0.4) is 0 Å². The summed E-state index contributed by atoms with van der Waals surface area (Å²) < 4.78 is 1.50. The number of rotatable bonds is 5. The van der Waals surface area contributed by atoms with Crippen molar-refractivity contribution in [3.05, 3.63) is 15.8 Å². The van der Waals surface area contributed by atoms with Crippen LogP contribution in [0.25, 0.3) is 0 Å². The van der Waals surface area contributed by atoms with E-state index in [-0.39, 0.29) is 17.6 Å². The fraction of sp³-hybridized carbons (Fsp3) is 0.700.